The van der Waals surface area contributed by atoms with Crippen LogP contribution in [-0.4, -0.2) is 29.4 Å². The average Bonchev–Trinajstić information content (AvgIpc) is 2.77. The predicted octanol–water partition coefficient (Wildman–Crippen LogP) is 2.93. The molecule has 0 fully saturated rings. The van der Waals surface area contributed by atoms with E-state index in [1.807, 2.05) is 61.7 Å². The molecule has 154 valence electrons. The van der Waals surface area contributed by atoms with Crippen molar-refractivity contribution in [2.45, 2.75) is 31.1 Å². The maximum absolute atomic E-state index is 13.3. The van der Waals surface area contributed by atoms with E-state index in [0.717, 1.165) is 5.56 Å². The van der Waals surface area contributed by atoms with Gasteiger partial charge in [-0.2, -0.15) is 0 Å². The minimum atomic E-state index is -0.620. The van der Waals surface area contributed by atoms with Gasteiger partial charge in [0.05, 0.1) is 24.2 Å². The summed E-state index contributed by atoms with van der Waals surface area (Å²) >= 11 is 1.29. The van der Waals surface area contributed by atoms with Crippen molar-refractivity contribution in [3.63, 3.8) is 0 Å². The summed E-state index contributed by atoms with van der Waals surface area (Å²) in [4.78, 5) is 19.2. The smallest absolute Gasteiger partial charge is 0.293 e. The zero-order valence-electron chi connectivity index (χ0n) is 17.0. The minimum absolute atomic E-state index is 0.0346. The molecule has 7 nitrogen and oxygen atoms in total. The van der Waals surface area contributed by atoms with Gasteiger partial charge in [0.2, 0.25) is 5.91 Å². The van der Waals surface area contributed by atoms with Crippen LogP contribution in [0.25, 0.3) is 11.3 Å². The van der Waals surface area contributed by atoms with E-state index < -0.39 is 6.17 Å². The normalized spacial score (nSPS) is 14.8. The van der Waals surface area contributed by atoms with E-state index in [4.69, 9.17) is 4.74 Å². The molecule has 1 aliphatic rings. The first-order valence-electron chi connectivity index (χ1n) is 9.69. The van der Waals surface area contributed by atoms with Gasteiger partial charge in [-0.1, -0.05) is 41.6 Å². The zero-order valence-corrected chi connectivity index (χ0v) is 17.8. The van der Waals surface area contributed by atoms with Crippen molar-refractivity contribution in [2.75, 3.05) is 18.3 Å². The van der Waals surface area contributed by atoms with Gasteiger partial charge in [-0.05, 0) is 43.0 Å². The number of amides is 1. The maximum Gasteiger partial charge on any atom is 0.293 e. The summed E-state index contributed by atoms with van der Waals surface area (Å²) in [5, 5.41) is 18.0. The van der Waals surface area contributed by atoms with Crippen LogP contribution >= 0.6 is 11.8 Å². The number of benzene rings is 2. The van der Waals surface area contributed by atoms with Crippen LogP contribution in [0.1, 0.15) is 31.5 Å². The number of carbonyl (C=O) groups is 1. The summed E-state index contributed by atoms with van der Waals surface area (Å²) in [6, 6.07) is 14.9. The third-order valence-corrected chi connectivity index (χ3v) is 5.56. The molecule has 0 saturated carbocycles. The van der Waals surface area contributed by atoms with Crippen LogP contribution in [0.2, 0.25) is 0 Å². The second kappa shape index (κ2) is 8.31. The van der Waals surface area contributed by atoms with E-state index in [1.54, 1.807) is 16.7 Å². The van der Waals surface area contributed by atoms with Gasteiger partial charge < -0.3 is 9.84 Å². The van der Waals surface area contributed by atoms with Gasteiger partial charge in [0.1, 0.15) is 5.75 Å². The highest BCUT2D eigenvalue weighted by atomic mass is 32.2. The fourth-order valence-electron chi connectivity index (χ4n) is 3.73. The van der Waals surface area contributed by atoms with Crippen LogP contribution in [0.3, 0.4) is 0 Å². The zero-order chi connectivity index (χ0) is 21.3. The molecule has 1 amide bonds. The number of fused-ring (bicyclic) bond motifs is 3. The van der Waals surface area contributed by atoms with E-state index >= 15 is 0 Å². The lowest BCUT2D eigenvalue weighted by Gasteiger charge is -2.33. The van der Waals surface area contributed by atoms with Gasteiger partial charge in [0, 0.05) is 17.1 Å². The quantitative estimate of drug-likeness (QED) is 0.464. The van der Waals surface area contributed by atoms with Crippen molar-refractivity contribution < 1.29 is 19.3 Å². The molecule has 0 radical (unpaired) electrons. The highest BCUT2D eigenvalue weighted by Gasteiger charge is 2.44. The molecular weight excluding hydrogens is 400 g/mol. The molecule has 0 saturated heterocycles. The number of thioether (sulfide) groups is 1. The van der Waals surface area contributed by atoms with E-state index in [2.05, 4.69) is 10.1 Å². The molecule has 4 rings (SSSR count). The average molecular weight is 423 g/mol. The van der Waals surface area contributed by atoms with Crippen LogP contribution in [-0.2, 0) is 4.79 Å². The summed E-state index contributed by atoms with van der Waals surface area (Å²) in [6.45, 7) is 1.97. The summed E-state index contributed by atoms with van der Waals surface area (Å²) in [7, 11) is 1.60. The van der Waals surface area contributed by atoms with Crippen molar-refractivity contribution >= 4 is 23.4 Å². The molecule has 2 aromatic carbocycles. The summed E-state index contributed by atoms with van der Waals surface area (Å²) in [6.07, 6.45) is 2.30. The fraction of sp³-hybridized carbons (Fsp3) is 0.273. The molecule has 1 unspecified atom stereocenters. The largest absolute Gasteiger partial charge is 0.854 e. The van der Waals surface area contributed by atoms with Crippen molar-refractivity contribution in [2.24, 2.45) is 0 Å². The SMILES string of the molecule is CCCC(=O)N1c2ccccc2-c2c([O-])nc(SC)n[n+]2C1c1cccc(OC)c1. The molecule has 8 heteroatoms. The lowest BCUT2D eigenvalue weighted by Crippen LogP contribution is -2.59. The Morgan fingerprint density at radius 2 is 2.07 bits per heavy atom. The fourth-order valence-corrected chi connectivity index (χ4v) is 4.07. The van der Waals surface area contributed by atoms with Crippen LogP contribution in [0.4, 0.5) is 5.69 Å². The molecule has 0 bridgehead atoms. The Morgan fingerprint density at radius 3 is 2.80 bits per heavy atom. The number of ether oxygens (including phenoxy) is 1. The number of carbonyl (C=O) groups excluding carboxylic acids is 1. The molecule has 0 spiro atoms. The van der Waals surface area contributed by atoms with E-state index in [1.165, 1.54) is 11.8 Å². The van der Waals surface area contributed by atoms with Crippen molar-refractivity contribution in [3.8, 4) is 22.9 Å². The third kappa shape index (κ3) is 3.37. The van der Waals surface area contributed by atoms with Crippen LogP contribution in [0.15, 0.2) is 53.7 Å². The third-order valence-electron chi connectivity index (χ3n) is 5.02. The summed E-state index contributed by atoms with van der Waals surface area (Å²) in [5.74, 6) is 0.267. The number of methoxy groups -OCH3 is 1. The van der Waals surface area contributed by atoms with E-state index in [0.29, 0.717) is 40.7 Å². The van der Waals surface area contributed by atoms with Crippen molar-refractivity contribution in [3.05, 3.63) is 54.1 Å². The number of aromatic nitrogens is 3. The first-order chi connectivity index (χ1) is 14.6. The van der Waals surface area contributed by atoms with Gasteiger partial charge in [0.15, 0.2) is 0 Å². The van der Waals surface area contributed by atoms with Crippen molar-refractivity contribution in [1.29, 1.82) is 0 Å². The Bertz CT molecular complexity index is 1110. The maximum atomic E-state index is 13.3. The van der Waals surface area contributed by atoms with Crippen LogP contribution in [0, 0.1) is 0 Å². The monoisotopic (exact) mass is 422 g/mol. The molecule has 1 aliphatic heterocycles. The van der Waals surface area contributed by atoms with Crippen LogP contribution in [0.5, 0.6) is 11.6 Å². The summed E-state index contributed by atoms with van der Waals surface area (Å²) < 4.78 is 7.03. The van der Waals surface area contributed by atoms with Crippen molar-refractivity contribution in [1.82, 2.24) is 10.1 Å². The predicted molar refractivity (Wildman–Crippen MR) is 112 cm³/mol. The number of para-hydroxylation sites is 1. The Labute approximate surface area is 179 Å². The molecule has 30 heavy (non-hydrogen) atoms. The topological polar surface area (TPSA) is 82.3 Å². The first-order valence-corrected chi connectivity index (χ1v) is 10.9. The van der Waals surface area contributed by atoms with Gasteiger partial charge in [-0.25, -0.2) is 9.88 Å². The second-order valence-electron chi connectivity index (χ2n) is 6.88. The number of hydrogen-bond acceptors (Lipinski definition) is 6. The Kier molecular flexibility index (Phi) is 5.59. The lowest BCUT2D eigenvalue weighted by molar-refractivity contribution is -0.764. The Morgan fingerprint density at radius 1 is 1.27 bits per heavy atom. The summed E-state index contributed by atoms with van der Waals surface area (Å²) in [5.41, 5.74) is 2.50. The number of nitrogens with zero attached hydrogens (tertiary/aromatic N) is 4. The lowest BCUT2D eigenvalue weighted by atomic mass is 10.0. The number of anilines is 1. The minimum Gasteiger partial charge on any atom is -0.854 e. The van der Waals surface area contributed by atoms with E-state index in [-0.39, 0.29) is 11.8 Å². The van der Waals surface area contributed by atoms with Gasteiger partial charge >= 0.3 is 0 Å². The highest BCUT2D eigenvalue weighted by molar-refractivity contribution is 7.98. The molecule has 0 aliphatic carbocycles. The van der Waals surface area contributed by atoms with Gasteiger partial charge in [-0.3, -0.25) is 4.79 Å². The second-order valence-corrected chi connectivity index (χ2v) is 7.65. The van der Waals surface area contributed by atoms with Gasteiger partial charge in [-0.15, -0.1) is 0 Å². The molecule has 3 aromatic rings. The molecule has 1 atom stereocenters. The van der Waals surface area contributed by atoms with Gasteiger partial charge in [0.25, 0.3) is 17.0 Å². The number of rotatable bonds is 5. The highest BCUT2D eigenvalue weighted by Crippen LogP contribution is 2.41. The Balaban J connectivity index is 2.04. The molecule has 1 aromatic heterocycles. The standard InChI is InChI=1S/C22H22N4O3S/c1-4-8-18(27)25-17-12-6-5-11-16(17)19-20(28)23-22(30-3)24-26(19)21(25)14-9-7-10-15(13-14)29-2/h5-7,9-13,21H,4,8H2,1-3H3. The molecule has 0 N–H and O–H groups in total. The number of hydrogen-bond donors (Lipinski definition) is 0. The first kappa shape index (κ1) is 20.2. The molecule has 2 heterocycles. The Hall–Kier alpha value is -3.13. The molecular formula is C22H22N4O3S. The van der Waals surface area contributed by atoms with Crippen LogP contribution < -0.4 is 19.4 Å². The van der Waals surface area contributed by atoms with E-state index in [9.17, 15) is 9.90 Å².